The molecule has 0 amide bonds. The van der Waals surface area contributed by atoms with Gasteiger partial charge in [-0.3, -0.25) is 0 Å². The normalized spacial score (nSPS) is 10.7. The van der Waals surface area contributed by atoms with Gasteiger partial charge in [-0.15, -0.1) is 0 Å². The molecule has 0 aromatic heterocycles. The molecule has 0 saturated carbocycles. The zero-order valence-electron chi connectivity index (χ0n) is 11.4. The van der Waals surface area contributed by atoms with E-state index in [1.54, 1.807) is 0 Å². The van der Waals surface area contributed by atoms with E-state index in [1.807, 2.05) is 6.07 Å². The molecule has 0 heterocycles. The van der Waals surface area contributed by atoms with E-state index < -0.39 is 0 Å². The molecule has 0 aliphatic heterocycles. The van der Waals surface area contributed by atoms with Gasteiger partial charge in [0.2, 0.25) is 0 Å². The first kappa shape index (κ1) is 15.3. The first-order chi connectivity index (χ1) is 8.54. The summed E-state index contributed by atoms with van der Waals surface area (Å²) in [6.07, 6.45) is 0. The average Bonchev–Trinajstić information content (AvgIpc) is 2.37. The SMILES string of the molecule is C.CC(C)(C)CNc1ccc(-c2ccccc2)cc1. The van der Waals surface area contributed by atoms with Gasteiger partial charge in [0, 0.05) is 12.2 Å². The van der Waals surface area contributed by atoms with Gasteiger partial charge in [0.25, 0.3) is 0 Å². The molecule has 0 unspecified atom stereocenters. The van der Waals surface area contributed by atoms with E-state index >= 15 is 0 Å². The van der Waals surface area contributed by atoms with Crippen LogP contribution in [0.1, 0.15) is 28.2 Å². The van der Waals surface area contributed by atoms with Crippen molar-refractivity contribution in [2.75, 3.05) is 11.9 Å². The molecule has 0 saturated heterocycles. The highest BCUT2D eigenvalue weighted by Gasteiger charge is 2.09. The molecule has 1 N–H and O–H groups in total. The molecule has 1 nitrogen and oxygen atoms in total. The van der Waals surface area contributed by atoms with Gasteiger partial charge in [-0.2, -0.15) is 0 Å². The first-order valence-corrected chi connectivity index (χ1v) is 6.44. The minimum Gasteiger partial charge on any atom is -0.385 e. The molecule has 0 fully saturated rings. The second kappa shape index (κ2) is 6.42. The van der Waals surface area contributed by atoms with Crippen molar-refractivity contribution in [3.8, 4) is 11.1 Å². The zero-order chi connectivity index (χ0) is 13.0. The summed E-state index contributed by atoms with van der Waals surface area (Å²) >= 11 is 0. The predicted molar refractivity (Wildman–Crippen MR) is 86.6 cm³/mol. The molecule has 2 aromatic carbocycles. The Morgan fingerprint density at radius 3 is 1.84 bits per heavy atom. The summed E-state index contributed by atoms with van der Waals surface area (Å²) in [5, 5.41) is 3.46. The van der Waals surface area contributed by atoms with Crippen LogP contribution in [0.15, 0.2) is 54.6 Å². The van der Waals surface area contributed by atoms with Crippen molar-refractivity contribution in [1.29, 1.82) is 0 Å². The largest absolute Gasteiger partial charge is 0.385 e. The Morgan fingerprint density at radius 2 is 1.32 bits per heavy atom. The van der Waals surface area contributed by atoms with Crippen molar-refractivity contribution < 1.29 is 0 Å². The van der Waals surface area contributed by atoms with Gasteiger partial charge in [-0.05, 0) is 28.7 Å². The predicted octanol–water partition coefficient (Wildman–Crippen LogP) is 5.45. The quantitative estimate of drug-likeness (QED) is 0.769. The first-order valence-electron chi connectivity index (χ1n) is 6.44. The van der Waals surface area contributed by atoms with Crippen LogP contribution < -0.4 is 5.32 Å². The van der Waals surface area contributed by atoms with Gasteiger partial charge >= 0.3 is 0 Å². The summed E-state index contributed by atoms with van der Waals surface area (Å²) in [4.78, 5) is 0. The lowest BCUT2D eigenvalue weighted by molar-refractivity contribution is 0.443. The van der Waals surface area contributed by atoms with E-state index in [1.165, 1.54) is 16.8 Å². The topological polar surface area (TPSA) is 12.0 Å². The summed E-state index contributed by atoms with van der Waals surface area (Å²) < 4.78 is 0. The highest BCUT2D eigenvalue weighted by molar-refractivity contribution is 5.65. The van der Waals surface area contributed by atoms with E-state index in [0.29, 0.717) is 5.41 Å². The van der Waals surface area contributed by atoms with Crippen LogP contribution in [-0.4, -0.2) is 6.54 Å². The maximum absolute atomic E-state index is 3.46. The number of rotatable bonds is 3. The molecule has 2 rings (SSSR count). The third-order valence-electron chi connectivity index (χ3n) is 2.81. The Balaban J connectivity index is 0.00000180. The van der Waals surface area contributed by atoms with Crippen molar-refractivity contribution in [2.24, 2.45) is 5.41 Å². The summed E-state index contributed by atoms with van der Waals surface area (Å²) in [6.45, 7) is 7.69. The lowest BCUT2D eigenvalue weighted by Crippen LogP contribution is -2.18. The van der Waals surface area contributed by atoms with Crippen molar-refractivity contribution in [1.82, 2.24) is 0 Å². The fourth-order valence-electron chi connectivity index (χ4n) is 1.78. The van der Waals surface area contributed by atoms with Gasteiger partial charge in [-0.25, -0.2) is 0 Å². The summed E-state index contributed by atoms with van der Waals surface area (Å²) in [6, 6.07) is 19.1. The molecule has 0 radical (unpaired) electrons. The minimum atomic E-state index is 0. The Labute approximate surface area is 117 Å². The molecule has 102 valence electrons. The van der Waals surface area contributed by atoms with E-state index in [9.17, 15) is 0 Å². The number of nitrogens with one attached hydrogen (secondary N) is 1. The Kier molecular flexibility index (Phi) is 5.17. The maximum atomic E-state index is 3.46. The molecular formula is C18H25N. The third-order valence-corrected chi connectivity index (χ3v) is 2.81. The highest BCUT2D eigenvalue weighted by atomic mass is 14.9. The molecule has 0 spiro atoms. The number of benzene rings is 2. The van der Waals surface area contributed by atoms with Gasteiger partial charge in [-0.1, -0.05) is 70.7 Å². The van der Waals surface area contributed by atoms with Crippen LogP contribution in [0.25, 0.3) is 11.1 Å². The van der Waals surface area contributed by atoms with E-state index in [4.69, 9.17) is 0 Å². The van der Waals surface area contributed by atoms with Crippen LogP contribution in [0.3, 0.4) is 0 Å². The minimum absolute atomic E-state index is 0. The number of hydrogen-bond donors (Lipinski definition) is 1. The lowest BCUT2D eigenvalue weighted by Gasteiger charge is -2.19. The molecule has 1 heteroatoms. The maximum Gasteiger partial charge on any atom is 0.0340 e. The molecule has 2 aromatic rings. The number of hydrogen-bond acceptors (Lipinski definition) is 1. The van der Waals surface area contributed by atoms with Crippen molar-refractivity contribution in [2.45, 2.75) is 28.2 Å². The van der Waals surface area contributed by atoms with Crippen LogP contribution >= 0.6 is 0 Å². The molecule has 0 bridgehead atoms. The van der Waals surface area contributed by atoms with Crippen molar-refractivity contribution >= 4 is 5.69 Å². The monoisotopic (exact) mass is 255 g/mol. The lowest BCUT2D eigenvalue weighted by atomic mass is 9.97. The molecule has 0 aliphatic rings. The van der Waals surface area contributed by atoms with Gasteiger partial charge in [0.15, 0.2) is 0 Å². The second-order valence-corrected chi connectivity index (χ2v) is 5.86. The highest BCUT2D eigenvalue weighted by Crippen LogP contribution is 2.22. The fraction of sp³-hybridized carbons (Fsp3) is 0.333. The summed E-state index contributed by atoms with van der Waals surface area (Å²) in [5.74, 6) is 0. The van der Waals surface area contributed by atoms with Crippen molar-refractivity contribution in [3.63, 3.8) is 0 Å². The van der Waals surface area contributed by atoms with E-state index in [0.717, 1.165) is 6.54 Å². The van der Waals surface area contributed by atoms with Gasteiger partial charge in [0.05, 0.1) is 0 Å². The Bertz CT molecular complexity index is 477. The zero-order valence-corrected chi connectivity index (χ0v) is 11.4. The molecule has 0 aliphatic carbocycles. The van der Waals surface area contributed by atoms with Crippen LogP contribution in [-0.2, 0) is 0 Å². The van der Waals surface area contributed by atoms with Crippen LogP contribution in [0.4, 0.5) is 5.69 Å². The van der Waals surface area contributed by atoms with Crippen LogP contribution in [0.5, 0.6) is 0 Å². The average molecular weight is 255 g/mol. The fourth-order valence-corrected chi connectivity index (χ4v) is 1.78. The Hall–Kier alpha value is -1.76. The van der Waals surface area contributed by atoms with E-state index in [-0.39, 0.29) is 7.43 Å². The standard InChI is InChI=1S/C17H21N.CH4/c1-17(2,3)13-18-16-11-9-15(10-12-16)14-7-5-4-6-8-14;/h4-12,18H,13H2,1-3H3;1H4. The Morgan fingerprint density at radius 1 is 0.789 bits per heavy atom. The van der Waals surface area contributed by atoms with Crippen LogP contribution in [0, 0.1) is 5.41 Å². The smallest absolute Gasteiger partial charge is 0.0340 e. The van der Waals surface area contributed by atoms with Gasteiger partial charge in [0.1, 0.15) is 0 Å². The second-order valence-electron chi connectivity index (χ2n) is 5.86. The van der Waals surface area contributed by atoms with Crippen LogP contribution in [0.2, 0.25) is 0 Å². The summed E-state index contributed by atoms with van der Waals surface area (Å²) in [5.41, 5.74) is 4.01. The summed E-state index contributed by atoms with van der Waals surface area (Å²) in [7, 11) is 0. The molecular weight excluding hydrogens is 230 g/mol. The third kappa shape index (κ3) is 4.78. The number of anilines is 1. The molecule has 0 atom stereocenters. The van der Waals surface area contributed by atoms with Crippen molar-refractivity contribution in [3.05, 3.63) is 54.6 Å². The van der Waals surface area contributed by atoms with E-state index in [2.05, 4.69) is 74.6 Å². The molecule has 19 heavy (non-hydrogen) atoms. The van der Waals surface area contributed by atoms with Gasteiger partial charge < -0.3 is 5.32 Å².